The molecule has 2 rings (SSSR count). The van der Waals surface area contributed by atoms with Gasteiger partial charge in [-0.05, 0) is 44.3 Å². The van der Waals surface area contributed by atoms with E-state index in [1.165, 1.54) is 30.6 Å². The van der Waals surface area contributed by atoms with E-state index in [-0.39, 0.29) is 0 Å². The number of thiophene rings is 1. The Morgan fingerprint density at radius 2 is 2.00 bits per heavy atom. The summed E-state index contributed by atoms with van der Waals surface area (Å²) < 4.78 is 0. The quantitative estimate of drug-likeness (QED) is 0.850. The smallest absolute Gasteiger partial charge is 0.0438 e. The van der Waals surface area contributed by atoms with Crippen molar-refractivity contribution in [2.45, 2.75) is 51.1 Å². The van der Waals surface area contributed by atoms with E-state index in [9.17, 15) is 0 Å². The second kappa shape index (κ2) is 6.38. The molecule has 0 amide bonds. The zero-order valence-electron chi connectivity index (χ0n) is 12.8. The highest BCUT2D eigenvalue weighted by molar-refractivity contribution is 7.10. The zero-order chi connectivity index (χ0) is 13.9. The lowest BCUT2D eigenvalue weighted by molar-refractivity contribution is 0.145. The summed E-state index contributed by atoms with van der Waals surface area (Å²) in [4.78, 5) is 3.92. The average molecular weight is 280 g/mol. The van der Waals surface area contributed by atoms with Gasteiger partial charge in [-0.2, -0.15) is 0 Å². The Hall–Kier alpha value is -0.380. The number of hydrogen-bond acceptors (Lipinski definition) is 3. The zero-order valence-corrected chi connectivity index (χ0v) is 13.6. The Balaban J connectivity index is 2.02. The largest absolute Gasteiger partial charge is 0.307 e. The van der Waals surface area contributed by atoms with Crippen LogP contribution in [-0.4, -0.2) is 31.1 Å². The van der Waals surface area contributed by atoms with Crippen LogP contribution in [0.15, 0.2) is 17.5 Å². The van der Waals surface area contributed by atoms with Gasteiger partial charge in [-0.15, -0.1) is 11.3 Å². The van der Waals surface area contributed by atoms with E-state index >= 15 is 0 Å². The topological polar surface area (TPSA) is 15.3 Å². The molecular formula is C16H28N2S. The molecule has 1 saturated carbocycles. The molecule has 0 radical (unpaired) electrons. The van der Waals surface area contributed by atoms with Gasteiger partial charge < -0.3 is 10.2 Å². The number of hydrogen-bond donors (Lipinski definition) is 1. The fraction of sp³-hybridized carbons (Fsp3) is 0.750. The molecule has 1 aromatic heterocycles. The van der Waals surface area contributed by atoms with Crippen molar-refractivity contribution in [3.05, 3.63) is 22.4 Å². The van der Waals surface area contributed by atoms with E-state index in [0.29, 0.717) is 17.5 Å². The second-order valence-electron chi connectivity index (χ2n) is 6.44. The van der Waals surface area contributed by atoms with Crippen LogP contribution in [0.1, 0.15) is 50.4 Å². The highest BCUT2D eigenvalue weighted by atomic mass is 32.1. The maximum Gasteiger partial charge on any atom is 0.0438 e. The van der Waals surface area contributed by atoms with Crippen molar-refractivity contribution in [3.8, 4) is 0 Å². The molecule has 19 heavy (non-hydrogen) atoms. The first-order valence-electron chi connectivity index (χ1n) is 7.49. The number of nitrogens with one attached hydrogen (secondary N) is 1. The first-order valence-corrected chi connectivity index (χ1v) is 8.37. The van der Waals surface area contributed by atoms with Gasteiger partial charge in [0.1, 0.15) is 0 Å². The van der Waals surface area contributed by atoms with Crippen LogP contribution >= 0.6 is 11.3 Å². The van der Waals surface area contributed by atoms with Crippen LogP contribution in [-0.2, 0) is 0 Å². The summed E-state index contributed by atoms with van der Waals surface area (Å²) >= 11 is 1.87. The maximum absolute atomic E-state index is 3.85. The van der Waals surface area contributed by atoms with Crippen LogP contribution < -0.4 is 5.32 Å². The van der Waals surface area contributed by atoms with E-state index in [0.717, 1.165) is 6.54 Å². The van der Waals surface area contributed by atoms with Crippen molar-refractivity contribution in [3.63, 3.8) is 0 Å². The minimum Gasteiger partial charge on any atom is -0.307 e. The van der Waals surface area contributed by atoms with Crippen molar-refractivity contribution in [2.24, 2.45) is 5.92 Å². The Morgan fingerprint density at radius 3 is 2.47 bits per heavy atom. The van der Waals surface area contributed by atoms with Gasteiger partial charge in [0.05, 0.1) is 0 Å². The first-order chi connectivity index (χ1) is 9.05. The van der Waals surface area contributed by atoms with Gasteiger partial charge in [-0.3, -0.25) is 0 Å². The van der Waals surface area contributed by atoms with Gasteiger partial charge in [0.15, 0.2) is 0 Å². The van der Waals surface area contributed by atoms with Crippen LogP contribution in [0.25, 0.3) is 0 Å². The normalized spacial score (nSPS) is 20.3. The van der Waals surface area contributed by atoms with Gasteiger partial charge in [-0.1, -0.05) is 32.8 Å². The van der Waals surface area contributed by atoms with Gasteiger partial charge in [0.2, 0.25) is 0 Å². The average Bonchev–Trinajstić information content (AvgIpc) is 2.99. The van der Waals surface area contributed by atoms with Crippen LogP contribution in [0.5, 0.6) is 0 Å². The van der Waals surface area contributed by atoms with Crippen molar-refractivity contribution in [2.75, 3.05) is 20.6 Å². The van der Waals surface area contributed by atoms with E-state index in [4.69, 9.17) is 0 Å². The molecule has 1 unspecified atom stereocenters. The third-order valence-electron chi connectivity index (χ3n) is 4.65. The third kappa shape index (κ3) is 3.39. The molecule has 1 aliphatic rings. The van der Waals surface area contributed by atoms with E-state index in [1.54, 1.807) is 0 Å². The maximum atomic E-state index is 3.85. The molecule has 1 heterocycles. The Kier molecular flexibility index (Phi) is 5.04. The minimum atomic E-state index is 0.379. The molecule has 0 spiro atoms. The predicted octanol–water partition coefficient (Wildman–Crippen LogP) is 3.91. The summed E-state index contributed by atoms with van der Waals surface area (Å²) in [6, 6.07) is 4.92. The lowest BCUT2D eigenvalue weighted by atomic mass is 9.94. The SMILES string of the molecule is CC(C)C(NCC1(N(C)C)CCCC1)c1cccs1. The Labute approximate surface area is 122 Å². The summed E-state index contributed by atoms with van der Waals surface area (Å²) in [6.45, 7) is 5.74. The summed E-state index contributed by atoms with van der Waals surface area (Å²) in [7, 11) is 4.48. The van der Waals surface area contributed by atoms with Crippen LogP contribution in [0.3, 0.4) is 0 Å². The molecule has 0 bridgehead atoms. The molecule has 3 heteroatoms. The molecule has 0 aliphatic heterocycles. The van der Waals surface area contributed by atoms with Crippen molar-refractivity contribution in [1.29, 1.82) is 0 Å². The Bertz CT molecular complexity index is 364. The number of nitrogens with zero attached hydrogens (tertiary/aromatic N) is 1. The molecule has 1 N–H and O–H groups in total. The predicted molar refractivity (Wildman–Crippen MR) is 84.8 cm³/mol. The molecule has 108 valence electrons. The summed E-state index contributed by atoms with van der Waals surface area (Å²) in [5, 5.41) is 6.04. The highest BCUT2D eigenvalue weighted by Gasteiger charge is 2.36. The van der Waals surface area contributed by atoms with Crippen molar-refractivity contribution < 1.29 is 0 Å². The highest BCUT2D eigenvalue weighted by Crippen LogP contribution is 2.34. The molecule has 1 atom stereocenters. The number of rotatable bonds is 6. The third-order valence-corrected chi connectivity index (χ3v) is 5.61. The van der Waals surface area contributed by atoms with Gasteiger partial charge in [-0.25, -0.2) is 0 Å². The lowest BCUT2D eigenvalue weighted by Gasteiger charge is -2.38. The fourth-order valence-corrected chi connectivity index (χ4v) is 4.22. The molecule has 1 aromatic rings. The summed E-state index contributed by atoms with van der Waals surface area (Å²) in [5.74, 6) is 0.638. The molecule has 0 saturated heterocycles. The molecule has 1 fully saturated rings. The molecule has 0 aromatic carbocycles. The van der Waals surface area contributed by atoms with Crippen molar-refractivity contribution in [1.82, 2.24) is 10.2 Å². The van der Waals surface area contributed by atoms with E-state index in [1.807, 2.05) is 11.3 Å². The summed E-state index contributed by atoms with van der Waals surface area (Å²) in [6.07, 6.45) is 5.43. The monoisotopic (exact) mass is 280 g/mol. The molecule has 1 aliphatic carbocycles. The first kappa shape index (κ1) is 15.0. The van der Waals surface area contributed by atoms with E-state index in [2.05, 4.69) is 55.7 Å². The van der Waals surface area contributed by atoms with Crippen LogP contribution in [0.4, 0.5) is 0 Å². The molecular weight excluding hydrogens is 252 g/mol. The number of likely N-dealkylation sites (N-methyl/N-ethyl adjacent to an activating group) is 1. The van der Waals surface area contributed by atoms with Crippen LogP contribution in [0.2, 0.25) is 0 Å². The van der Waals surface area contributed by atoms with Crippen LogP contribution in [0, 0.1) is 5.92 Å². The van der Waals surface area contributed by atoms with E-state index < -0.39 is 0 Å². The lowest BCUT2D eigenvalue weighted by Crippen LogP contribution is -2.50. The standard InChI is InChI=1S/C16H28N2S/c1-13(2)15(14-8-7-11-19-14)17-12-16(18(3)4)9-5-6-10-16/h7-8,11,13,15,17H,5-6,9-10,12H2,1-4H3. The molecule has 2 nitrogen and oxygen atoms in total. The summed E-state index contributed by atoms with van der Waals surface area (Å²) in [5.41, 5.74) is 0.379. The van der Waals surface area contributed by atoms with Gasteiger partial charge in [0, 0.05) is 23.0 Å². The second-order valence-corrected chi connectivity index (χ2v) is 7.42. The fourth-order valence-electron chi connectivity index (χ4n) is 3.25. The minimum absolute atomic E-state index is 0.379. The van der Waals surface area contributed by atoms with Gasteiger partial charge >= 0.3 is 0 Å². The van der Waals surface area contributed by atoms with Crippen molar-refractivity contribution >= 4 is 11.3 Å². The van der Waals surface area contributed by atoms with Gasteiger partial charge in [0.25, 0.3) is 0 Å². The Morgan fingerprint density at radius 1 is 1.32 bits per heavy atom.